The van der Waals surface area contributed by atoms with Gasteiger partial charge in [-0.25, -0.2) is 9.59 Å². The van der Waals surface area contributed by atoms with Crippen LogP contribution in [0, 0.1) is 0 Å². The molecule has 6 heteroatoms. The van der Waals surface area contributed by atoms with Crippen molar-refractivity contribution in [2.24, 2.45) is 0 Å². The van der Waals surface area contributed by atoms with Gasteiger partial charge in [-0.3, -0.25) is 0 Å². The van der Waals surface area contributed by atoms with Gasteiger partial charge < -0.3 is 19.3 Å². The van der Waals surface area contributed by atoms with Gasteiger partial charge in [0.2, 0.25) is 5.79 Å². The summed E-state index contributed by atoms with van der Waals surface area (Å²) in [5.41, 5.74) is -1.60. The first-order valence-corrected chi connectivity index (χ1v) is 6.76. The van der Waals surface area contributed by atoms with Crippen LogP contribution in [-0.2, 0) is 29.4 Å². The van der Waals surface area contributed by atoms with E-state index in [0.29, 0.717) is 5.56 Å². The van der Waals surface area contributed by atoms with Crippen LogP contribution in [0.3, 0.4) is 0 Å². The Morgan fingerprint density at radius 3 is 2.45 bits per heavy atom. The molecule has 0 unspecified atom stereocenters. The molecule has 0 radical (unpaired) electrons. The largest absolute Gasteiger partial charge is 0.467 e. The Bertz CT molecular complexity index is 604. The first-order valence-electron chi connectivity index (χ1n) is 6.76. The predicted octanol–water partition coefficient (Wildman–Crippen LogP) is 1.63. The monoisotopic (exact) mass is 306 g/mol. The normalized spacial score (nSPS) is 19.3. The van der Waals surface area contributed by atoms with Gasteiger partial charge in [-0.2, -0.15) is 0 Å². The molecule has 0 aliphatic carbocycles. The number of carbonyl (C=O) groups is 2. The third-order valence-corrected chi connectivity index (χ3v) is 3.21. The lowest BCUT2D eigenvalue weighted by Crippen LogP contribution is -2.41. The van der Waals surface area contributed by atoms with Crippen molar-refractivity contribution in [3.8, 4) is 0 Å². The molecule has 1 aliphatic rings. The molecule has 1 atom stereocenters. The van der Waals surface area contributed by atoms with Crippen LogP contribution in [0.5, 0.6) is 0 Å². The van der Waals surface area contributed by atoms with Crippen LogP contribution < -0.4 is 0 Å². The Hall–Kier alpha value is -2.34. The molecule has 2 rings (SSSR count). The van der Waals surface area contributed by atoms with E-state index < -0.39 is 23.3 Å². The number of ether oxygens (including phenoxy) is 3. The number of cyclic esters (lactones) is 1. The molecule has 118 valence electrons. The number of hydrogen-bond acceptors (Lipinski definition) is 6. The van der Waals surface area contributed by atoms with Gasteiger partial charge in [0.25, 0.3) is 0 Å². The SMILES string of the molecule is COC(=O)[C@@](O)(CC1=CC(=O)OC(C)(C)O1)c1ccccc1. The summed E-state index contributed by atoms with van der Waals surface area (Å²) in [7, 11) is 1.19. The summed E-state index contributed by atoms with van der Waals surface area (Å²) in [6, 6.07) is 8.35. The molecule has 22 heavy (non-hydrogen) atoms. The number of rotatable bonds is 4. The van der Waals surface area contributed by atoms with Crippen molar-refractivity contribution in [1.82, 2.24) is 0 Å². The quantitative estimate of drug-likeness (QED) is 0.851. The maximum Gasteiger partial charge on any atom is 0.343 e. The average Bonchev–Trinajstić information content (AvgIpc) is 2.44. The fourth-order valence-electron chi connectivity index (χ4n) is 2.28. The minimum absolute atomic E-state index is 0.151. The number of hydrogen-bond donors (Lipinski definition) is 1. The lowest BCUT2D eigenvalue weighted by molar-refractivity contribution is -0.209. The van der Waals surface area contributed by atoms with Crippen molar-refractivity contribution >= 4 is 11.9 Å². The Balaban J connectivity index is 2.36. The van der Waals surface area contributed by atoms with Crippen LogP contribution in [0.25, 0.3) is 0 Å². The number of methoxy groups -OCH3 is 1. The van der Waals surface area contributed by atoms with Crippen molar-refractivity contribution in [3.05, 3.63) is 47.7 Å². The second-order valence-corrected chi connectivity index (χ2v) is 5.43. The molecule has 0 bridgehead atoms. The number of benzene rings is 1. The van der Waals surface area contributed by atoms with Crippen molar-refractivity contribution in [3.63, 3.8) is 0 Å². The van der Waals surface area contributed by atoms with Gasteiger partial charge >= 0.3 is 11.9 Å². The fraction of sp³-hybridized carbons (Fsp3) is 0.375. The smallest absolute Gasteiger partial charge is 0.343 e. The minimum Gasteiger partial charge on any atom is -0.467 e. The number of aliphatic hydroxyl groups is 1. The summed E-state index contributed by atoms with van der Waals surface area (Å²) in [4.78, 5) is 23.7. The predicted molar refractivity (Wildman–Crippen MR) is 76.3 cm³/mol. The maximum atomic E-state index is 12.1. The van der Waals surface area contributed by atoms with E-state index in [4.69, 9.17) is 14.2 Å². The van der Waals surface area contributed by atoms with Crippen LogP contribution in [0.15, 0.2) is 42.2 Å². The summed E-state index contributed by atoms with van der Waals surface area (Å²) in [6.07, 6.45) is 0.879. The molecule has 6 nitrogen and oxygen atoms in total. The first-order chi connectivity index (χ1) is 10.3. The van der Waals surface area contributed by atoms with E-state index in [-0.39, 0.29) is 12.2 Å². The molecule has 0 saturated carbocycles. The van der Waals surface area contributed by atoms with Gasteiger partial charge in [-0.15, -0.1) is 0 Å². The highest BCUT2D eigenvalue weighted by Crippen LogP contribution is 2.34. The van der Waals surface area contributed by atoms with Gasteiger partial charge in [0, 0.05) is 20.3 Å². The van der Waals surface area contributed by atoms with Gasteiger partial charge in [0.1, 0.15) is 5.76 Å². The molecule has 0 aromatic heterocycles. The first kappa shape index (κ1) is 16.0. The van der Waals surface area contributed by atoms with E-state index >= 15 is 0 Å². The second kappa shape index (κ2) is 5.81. The zero-order chi connectivity index (χ0) is 16.4. The molecule has 0 saturated heterocycles. The zero-order valence-electron chi connectivity index (χ0n) is 12.7. The topological polar surface area (TPSA) is 82.1 Å². The van der Waals surface area contributed by atoms with Gasteiger partial charge in [0.15, 0.2) is 5.60 Å². The van der Waals surface area contributed by atoms with Crippen molar-refractivity contribution in [2.75, 3.05) is 7.11 Å². The zero-order valence-corrected chi connectivity index (χ0v) is 12.7. The maximum absolute atomic E-state index is 12.1. The molecular weight excluding hydrogens is 288 g/mol. The van der Waals surface area contributed by atoms with Crippen molar-refractivity contribution in [1.29, 1.82) is 0 Å². The van der Waals surface area contributed by atoms with E-state index in [1.54, 1.807) is 44.2 Å². The lowest BCUT2D eigenvalue weighted by Gasteiger charge is -2.33. The van der Waals surface area contributed by atoms with Crippen molar-refractivity contribution in [2.45, 2.75) is 31.7 Å². The Labute approximate surface area is 128 Å². The summed E-state index contributed by atoms with van der Waals surface area (Å²) in [5.74, 6) is -2.43. The molecule has 1 aromatic carbocycles. The Morgan fingerprint density at radius 2 is 1.91 bits per heavy atom. The highest BCUT2D eigenvalue weighted by Gasteiger charge is 2.43. The van der Waals surface area contributed by atoms with Crippen LogP contribution in [0.4, 0.5) is 0 Å². The summed E-state index contributed by atoms with van der Waals surface area (Å²) in [6.45, 7) is 3.13. The average molecular weight is 306 g/mol. The molecule has 1 heterocycles. The van der Waals surface area contributed by atoms with Gasteiger partial charge in [-0.05, 0) is 5.56 Å². The number of esters is 2. The Morgan fingerprint density at radius 1 is 1.27 bits per heavy atom. The highest BCUT2D eigenvalue weighted by atomic mass is 16.7. The second-order valence-electron chi connectivity index (χ2n) is 5.43. The van der Waals surface area contributed by atoms with Gasteiger partial charge in [-0.1, -0.05) is 30.3 Å². The van der Waals surface area contributed by atoms with Crippen LogP contribution >= 0.6 is 0 Å². The molecule has 0 spiro atoms. The summed E-state index contributed by atoms with van der Waals surface area (Å²) >= 11 is 0. The van der Waals surface area contributed by atoms with E-state index in [1.807, 2.05) is 0 Å². The lowest BCUT2D eigenvalue weighted by atomic mass is 9.89. The molecule has 1 N–H and O–H groups in total. The van der Waals surface area contributed by atoms with E-state index in [9.17, 15) is 14.7 Å². The minimum atomic E-state index is -1.95. The summed E-state index contributed by atoms with van der Waals surface area (Å²) in [5, 5.41) is 10.8. The third-order valence-electron chi connectivity index (χ3n) is 3.21. The third kappa shape index (κ3) is 3.28. The van der Waals surface area contributed by atoms with Crippen LogP contribution in [0.1, 0.15) is 25.8 Å². The highest BCUT2D eigenvalue weighted by molar-refractivity contribution is 5.85. The standard InChI is InChI=1S/C16H18O6/c1-15(2)21-12(9-13(17)22-15)10-16(19,14(18)20-3)11-7-5-4-6-8-11/h4-9,19H,10H2,1-3H3/t16-/m1/s1. The Kier molecular flexibility index (Phi) is 4.23. The van der Waals surface area contributed by atoms with E-state index in [2.05, 4.69) is 0 Å². The van der Waals surface area contributed by atoms with Crippen LogP contribution in [-0.4, -0.2) is 29.9 Å². The molecule has 1 aromatic rings. The van der Waals surface area contributed by atoms with Gasteiger partial charge in [0.05, 0.1) is 13.2 Å². The van der Waals surface area contributed by atoms with E-state index in [0.717, 1.165) is 6.08 Å². The molecule has 0 amide bonds. The summed E-state index contributed by atoms with van der Waals surface area (Å²) < 4.78 is 15.2. The molecular formula is C16H18O6. The molecule has 1 aliphatic heterocycles. The molecule has 0 fully saturated rings. The fourth-order valence-corrected chi connectivity index (χ4v) is 2.28. The van der Waals surface area contributed by atoms with Crippen molar-refractivity contribution < 1.29 is 28.9 Å². The van der Waals surface area contributed by atoms with Crippen LogP contribution in [0.2, 0.25) is 0 Å². The van der Waals surface area contributed by atoms with E-state index in [1.165, 1.54) is 7.11 Å². The number of carbonyl (C=O) groups excluding carboxylic acids is 2.